The van der Waals surface area contributed by atoms with E-state index in [0.29, 0.717) is 29.5 Å². The molecule has 1 heterocycles. The molecule has 5 nitrogen and oxygen atoms in total. The molecule has 1 aliphatic heterocycles. The lowest BCUT2D eigenvalue weighted by molar-refractivity contribution is 0.0963. The Hall–Kier alpha value is -2.51. The maximum atomic E-state index is 13.8. The summed E-state index contributed by atoms with van der Waals surface area (Å²) in [5.41, 5.74) is 1.09. The predicted molar refractivity (Wildman–Crippen MR) is 103 cm³/mol. The van der Waals surface area contributed by atoms with E-state index >= 15 is 0 Å². The van der Waals surface area contributed by atoms with Gasteiger partial charge in [-0.2, -0.15) is 0 Å². The van der Waals surface area contributed by atoms with Gasteiger partial charge in [-0.15, -0.1) is 0 Å². The smallest absolute Gasteiger partial charge is 0.251 e. The fourth-order valence-corrected chi connectivity index (χ4v) is 3.33. The Morgan fingerprint density at radius 1 is 1.25 bits per heavy atom. The molecule has 0 bridgehead atoms. The molecule has 0 saturated carbocycles. The highest BCUT2D eigenvalue weighted by Crippen LogP contribution is 2.25. The van der Waals surface area contributed by atoms with E-state index in [4.69, 9.17) is 4.74 Å². The van der Waals surface area contributed by atoms with Crippen molar-refractivity contribution in [1.82, 2.24) is 15.5 Å². The third-order valence-electron chi connectivity index (χ3n) is 4.81. The second kappa shape index (κ2) is 9.12. The van der Waals surface area contributed by atoms with Crippen molar-refractivity contribution >= 4 is 5.91 Å². The number of hydrogen-bond acceptors (Lipinski definition) is 4. The maximum Gasteiger partial charge on any atom is 0.251 e. The van der Waals surface area contributed by atoms with Crippen LogP contribution in [0.15, 0.2) is 42.5 Å². The first-order valence-electron chi connectivity index (χ1n) is 9.35. The third kappa shape index (κ3) is 5.05. The number of piperazine rings is 1. The predicted octanol–water partition coefficient (Wildman–Crippen LogP) is 2.74. The van der Waals surface area contributed by atoms with Crippen molar-refractivity contribution in [2.24, 2.45) is 0 Å². The minimum atomic E-state index is -0.894. The van der Waals surface area contributed by atoms with Gasteiger partial charge in [0.05, 0.1) is 0 Å². The number of halogens is 2. The number of benzene rings is 2. The van der Waals surface area contributed by atoms with E-state index in [1.165, 1.54) is 6.07 Å². The fraction of sp³-hybridized carbons (Fsp3) is 0.381. The summed E-state index contributed by atoms with van der Waals surface area (Å²) < 4.78 is 33.3. The standard InChI is InChI=1S/C21H25F2N3O2/c1-14-12-26(10-9-25-14)13-20(16-5-8-18(22)19(23)11-16)28-17-6-3-15(4-7-17)21(27)24-2/h3-8,11,14,20,25H,9-10,12-13H2,1-2H3,(H,24,27)/t14-,20?/m1/s1. The van der Waals surface area contributed by atoms with E-state index in [1.54, 1.807) is 37.4 Å². The van der Waals surface area contributed by atoms with Crippen molar-refractivity contribution in [1.29, 1.82) is 0 Å². The molecule has 2 N–H and O–H groups in total. The number of ether oxygens (including phenoxy) is 1. The lowest BCUT2D eigenvalue weighted by Crippen LogP contribution is -2.50. The summed E-state index contributed by atoms with van der Waals surface area (Å²) in [6.07, 6.45) is -0.466. The Morgan fingerprint density at radius 2 is 2.00 bits per heavy atom. The van der Waals surface area contributed by atoms with Crippen molar-refractivity contribution < 1.29 is 18.3 Å². The van der Waals surface area contributed by atoms with Crippen LogP contribution in [-0.4, -0.2) is 50.1 Å². The summed E-state index contributed by atoms with van der Waals surface area (Å²) in [7, 11) is 1.57. The van der Waals surface area contributed by atoms with Gasteiger partial charge >= 0.3 is 0 Å². The Bertz CT molecular complexity index is 814. The van der Waals surface area contributed by atoms with E-state index in [9.17, 15) is 13.6 Å². The highest BCUT2D eigenvalue weighted by Gasteiger charge is 2.23. The van der Waals surface area contributed by atoms with Crippen LogP contribution in [0, 0.1) is 11.6 Å². The van der Waals surface area contributed by atoms with Crippen LogP contribution in [0.2, 0.25) is 0 Å². The zero-order chi connectivity index (χ0) is 20.1. The first kappa shape index (κ1) is 20.2. The Balaban J connectivity index is 1.80. The summed E-state index contributed by atoms with van der Waals surface area (Å²) >= 11 is 0. The summed E-state index contributed by atoms with van der Waals surface area (Å²) in [6, 6.07) is 11.0. The third-order valence-corrected chi connectivity index (χ3v) is 4.81. The van der Waals surface area contributed by atoms with Crippen molar-refractivity contribution in [2.75, 3.05) is 33.2 Å². The largest absolute Gasteiger partial charge is 0.484 e. The van der Waals surface area contributed by atoms with Crippen molar-refractivity contribution in [2.45, 2.75) is 19.1 Å². The molecule has 150 valence electrons. The van der Waals surface area contributed by atoms with Gasteiger partial charge in [0.2, 0.25) is 0 Å². The number of rotatable bonds is 6. The van der Waals surface area contributed by atoms with Crippen LogP contribution in [0.1, 0.15) is 28.9 Å². The fourth-order valence-electron chi connectivity index (χ4n) is 3.33. The summed E-state index contributed by atoms with van der Waals surface area (Å²) in [4.78, 5) is 13.9. The van der Waals surface area contributed by atoms with Crippen LogP contribution >= 0.6 is 0 Å². The van der Waals surface area contributed by atoms with Gasteiger partial charge < -0.3 is 15.4 Å². The quantitative estimate of drug-likeness (QED) is 0.798. The molecule has 1 saturated heterocycles. The minimum absolute atomic E-state index is 0.182. The van der Waals surface area contributed by atoms with Crippen molar-refractivity contribution in [3.05, 3.63) is 65.2 Å². The van der Waals surface area contributed by atoms with Gasteiger partial charge in [-0.1, -0.05) is 6.07 Å². The van der Waals surface area contributed by atoms with Gasteiger partial charge in [0.15, 0.2) is 11.6 Å². The van der Waals surface area contributed by atoms with Gasteiger partial charge in [-0.3, -0.25) is 9.69 Å². The molecular formula is C21H25F2N3O2. The summed E-state index contributed by atoms with van der Waals surface area (Å²) in [5.74, 6) is -1.40. The topological polar surface area (TPSA) is 53.6 Å². The normalized spacial score (nSPS) is 18.5. The van der Waals surface area contributed by atoms with Gasteiger partial charge in [-0.25, -0.2) is 8.78 Å². The zero-order valence-electron chi connectivity index (χ0n) is 16.0. The molecule has 2 atom stereocenters. The highest BCUT2D eigenvalue weighted by atomic mass is 19.2. The number of carbonyl (C=O) groups is 1. The lowest BCUT2D eigenvalue weighted by Gasteiger charge is -2.34. The number of amides is 1. The molecule has 1 fully saturated rings. The molecule has 2 aromatic rings. The SMILES string of the molecule is CNC(=O)c1ccc(OC(CN2CCN[C@H](C)C2)c2ccc(F)c(F)c2)cc1. The van der Waals surface area contributed by atoms with Gasteiger partial charge in [0.25, 0.3) is 5.91 Å². The molecule has 2 aromatic carbocycles. The lowest BCUT2D eigenvalue weighted by atomic mass is 10.1. The highest BCUT2D eigenvalue weighted by molar-refractivity contribution is 5.94. The van der Waals surface area contributed by atoms with Crippen molar-refractivity contribution in [3.8, 4) is 5.75 Å². The Morgan fingerprint density at radius 3 is 2.64 bits per heavy atom. The van der Waals surface area contributed by atoms with Gasteiger partial charge in [0, 0.05) is 44.8 Å². The molecule has 0 radical (unpaired) electrons. The van der Waals surface area contributed by atoms with E-state index in [0.717, 1.165) is 25.7 Å². The van der Waals surface area contributed by atoms with E-state index in [1.807, 2.05) is 0 Å². The average Bonchev–Trinajstić information content (AvgIpc) is 2.69. The number of nitrogens with zero attached hydrogens (tertiary/aromatic N) is 1. The molecular weight excluding hydrogens is 364 g/mol. The molecule has 0 aromatic heterocycles. The second-order valence-corrected chi connectivity index (χ2v) is 7.00. The molecule has 7 heteroatoms. The molecule has 1 unspecified atom stereocenters. The van der Waals surface area contributed by atoms with E-state index < -0.39 is 17.7 Å². The van der Waals surface area contributed by atoms with Gasteiger partial charge in [-0.05, 0) is 48.9 Å². The van der Waals surface area contributed by atoms with Gasteiger partial charge in [0.1, 0.15) is 11.9 Å². The average molecular weight is 389 g/mol. The minimum Gasteiger partial charge on any atom is -0.484 e. The number of nitrogens with one attached hydrogen (secondary N) is 2. The van der Waals surface area contributed by atoms with E-state index in [2.05, 4.69) is 22.5 Å². The monoisotopic (exact) mass is 389 g/mol. The van der Waals surface area contributed by atoms with Crippen LogP contribution in [0.25, 0.3) is 0 Å². The molecule has 0 spiro atoms. The molecule has 28 heavy (non-hydrogen) atoms. The maximum absolute atomic E-state index is 13.8. The summed E-state index contributed by atoms with van der Waals surface area (Å²) in [6.45, 7) is 5.22. The van der Waals surface area contributed by atoms with Crippen LogP contribution < -0.4 is 15.4 Å². The zero-order valence-corrected chi connectivity index (χ0v) is 16.0. The number of carbonyl (C=O) groups excluding carboxylic acids is 1. The second-order valence-electron chi connectivity index (χ2n) is 7.00. The van der Waals surface area contributed by atoms with Crippen LogP contribution in [0.4, 0.5) is 8.78 Å². The first-order valence-corrected chi connectivity index (χ1v) is 9.35. The molecule has 3 rings (SSSR count). The van der Waals surface area contributed by atoms with E-state index in [-0.39, 0.29) is 5.91 Å². The first-order chi connectivity index (χ1) is 13.5. The molecule has 1 aliphatic rings. The molecule has 0 aliphatic carbocycles. The van der Waals surface area contributed by atoms with Crippen LogP contribution in [0.5, 0.6) is 5.75 Å². The van der Waals surface area contributed by atoms with Crippen LogP contribution in [0.3, 0.4) is 0 Å². The summed E-state index contributed by atoms with van der Waals surface area (Å²) in [5, 5.41) is 5.95. The van der Waals surface area contributed by atoms with Crippen molar-refractivity contribution in [3.63, 3.8) is 0 Å². The number of hydrogen-bond donors (Lipinski definition) is 2. The van der Waals surface area contributed by atoms with Crippen LogP contribution in [-0.2, 0) is 0 Å². The Labute approximate surface area is 163 Å². The Kier molecular flexibility index (Phi) is 6.59. The molecule has 1 amide bonds.